The molecule has 0 radical (unpaired) electrons. The molecule has 1 atom stereocenters. The largest absolute Gasteiger partial charge is 0.494 e. The van der Waals surface area contributed by atoms with Crippen LogP contribution in [0.5, 0.6) is 0 Å². The molecule has 28 heavy (non-hydrogen) atoms. The molecule has 2 aromatic rings. The third-order valence-corrected chi connectivity index (χ3v) is 6.21. The van der Waals surface area contributed by atoms with Crippen LogP contribution in [0.3, 0.4) is 0 Å². The minimum absolute atomic E-state index is 0.316. The summed E-state index contributed by atoms with van der Waals surface area (Å²) in [5.74, 6) is -0.316. The van der Waals surface area contributed by atoms with E-state index >= 15 is 0 Å². The highest BCUT2D eigenvalue weighted by Gasteiger charge is 2.51. The average Bonchev–Trinajstić information content (AvgIpc) is 3.29. The number of likely N-dealkylation sites (N-methyl/N-ethyl adjacent to an activating group) is 1. The first-order chi connectivity index (χ1) is 13.0. The second kappa shape index (κ2) is 6.17. The molecule has 1 N–H and O–H groups in total. The van der Waals surface area contributed by atoms with E-state index in [1.54, 1.807) is 24.1 Å². The predicted molar refractivity (Wildman–Crippen MR) is 105 cm³/mol. The van der Waals surface area contributed by atoms with E-state index in [0.29, 0.717) is 18.7 Å². The first-order valence-electron chi connectivity index (χ1n) is 9.52. The summed E-state index contributed by atoms with van der Waals surface area (Å²) in [6.45, 7) is 8.61. The number of rotatable bonds is 3. The summed E-state index contributed by atoms with van der Waals surface area (Å²) in [6.07, 6.45) is 3.66. The first-order valence-corrected chi connectivity index (χ1v) is 9.52. The highest BCUT2D eigenvalue weighted by molar-refractivity contribution is 6.62. The molecule has 1 aromatic heterocycles. The van der Waals surface area contributed by atoms with Crippen molar-refractivity contribution in [2.45, 2.75) is 50.9 Å². The Morgan fingerprint density at radius 2 is 1.86 bits per heavy atom. The van der Waals surface area contributed by atoms with Crippen LogP contribution in [0.4, 0.5) is 0 Å². The monoisotopic (exact) mass is 383 g/mol. The first kappa shape index (κ1) is 19.2. The van der Waals surface area contributed by atoms with E-state index < -0.39 is 23.9 Å². The molecule has 2 fully saturated rings. The van der Waals surface area contributed by atoms with Crippen LogP contribution in [0.15, 0.2) is 36.8 Å². The molecule has 0 spiro atoms. The van der Waals surface area contributed by atoms with E-state index in [2.05, 4.69) is 4.98 Å². The van der Waals surface area contributed by atoms with Crippen LogP contribution in [0.2, 0.25) is 0 Å². The average molecular weight is 383 g/mol. The number of aromatic nitrogens is 2. The normalized spacial score (nSPS) is 26.3. The molecule has 4 rings (SSSR count). The Kier molecular flexibility index (Phi) is 4.23. The van der Waals surface area contributed by atoms with Crippen LogP contribution in [0, 0.1) is 0 Å². The lowest BCUT2D eigenvalue weighted by Crippen LogP contribution is -2.41. The van der Waals surface area contributed by atoms with Crippen LogP contribution in [-0.2, 0) is 19.7 Å². The number of carbonyl (C=O) groups excluding carboxylic acids is 1. The minimum atomic E-state index is -1.55. The van der Waals surface area contributed by atoms with Crippen molar-refractivity contribution < 1.29 is 19.2 Å². The minimum Gasteiger partial charge on any atom is -0.399 e. The maximum absolute atomic E-state index is 12.3. The predicted octanol–water partition coefficient (Wildman–Crippen LogP) is 1.22. The van der Waals surface area contributed by atoms with Gasteiger partial charge in [-0.2, -0.15) is 0 Å². The van der Waals surface area contributed by atoms with E-state index in [0.717, 1.165) is 11.2 Å². The zero-order chi connectivity index (χ0) is 20.3. The second-order valence-corrected chi connectivity index (χ2v) is 8.69. The van der Waals surface area contributed by atoms with E-state index in [-0.39, 0.29) is 5.91 Å². The van der Waals surface area contributed by atoms with Gasteiger partial charge in [0.15, 0.2) is 5.60 Å². The van der Waals surface area contributed by atoms with E-state index in [9.17, 15) is 9.90 Å². The van der Waals surface area contributed by atoms with Gasteiger partial charge in [-0.3, -0.25) is 4.79 Å². The summed E-state index contributed by atoms with van der Waals surface area (Å²) in [6, 6.07) is 7.80. The molecular formula is C20H26BN3O4. The molecule has 0 aliphatic carbocycles. The number of nitrogens with zero attached hydrogens (tertiary/aromatic N) is 3. The van der Waals surface area contributed by atoms with Gasteiger partial charge in [-0.05, 0) is 45.3 Å². The van der Waals surface area contributed by atoms with Gasteiger partial charge in [-0.1, -0.05) is 12.1 Å². The number of hydrogen-bond donors (Lipinski definition) is 1. The van der Waals surface area contributed by atoms with Crippen LogP contribution < -0.4 is 5.46 Å². The van der Waals surface area contributed by atoms with Crippen molar-refractivity contribution in [2.24, 2.45) is 0 Å². The number of aliphatic hydroxyl groups is 1. The third-order valence-electron chi connectivity index (χ3n) is 6.21. The summed E-state index contributed by atoms with van der Waals surface area (Å²) in [5, 5.41) is 10.8. The third kappa shape index (κ3) is 2.87. The second-order valence-electron chi connectivity index (χ2n) is 8.69. The lowest BCUT2D eigenvalue weighted by atomic mass is 9.79. The molecule has 2 aliphatic heterocycles. The molecule has 7 nitrogen and oxygen atoms in total. The van der Waals surface area contributed by atoms with E-state index in [4.69, 9.17) is 9.31 Å². The maximum Gasteiger partial charge on any atom is 0.494 e. The van der Waals surface area contributed by atoms with Gasteiger partial charge < -0.3 is 23.9 Å². The van der Waals surface area contributed by atoms with Crippen molar-refractivity contribution >= 4 is 18.5 Å². The van der Waals surface area contributed by atoms with Gasteiger partial charge in [0.05, 0.1) is 17.5 Å². The Bertz CT molecular complexity index is 910. The van der Waals surface area contributed by atoms with Crippen molar-refractivity contribution in [3.63, 3.8) is 0 Å². The van der Waals surface area contributed by atoms with E-state index in [1.807, 2.05) is 52.0 Å². The molecule has 1 amide bonds. The molecule has 2 saturated heterocycles. The molecule has 0 unspecified atom stereocenters. The summed E-state index contributed by atoms with van der Waals surface area (Å²) in [5.41, 5.74) is -0.247. The number of hydrogen-bond acceptors (Lipinski definition) is 5. The standard InChI is InChI=1S/C20H26BN3O4/c1-18(2)19(3,4)28-21(27-18)14-7-6-8-15(11-14)24-12-16(22-13-24)20(26)9-10-23(5)17(20)25/h6-8,11-13,26H,9-10H2,1-5H3/t20-/m0/s1. The Hall–Kier alpha value is -2.16. The van der Waals surface area contributed by atoms with Gasteiger partial charge in [0.25, 0.3) is 5.91 Å². The summed E-state index contributed by atoms with van der Waals surface area (Å²) >= 11 is 0. The van der Waals surface area contributed by atoms with Crippen molar-refractivity contribution in [3.05, 3.63) is 42.5 Å². The zero-order valence-electron chi connectivity index (χ0n) is 17.0. The van der Waals surface area contributed by atoms with Crippen molar-refractivity contribution in [3.8, 4) is 5.69 Å². The van der Waals surface area contributed by atoms with Crippen molar-refractivity contribution in [1.82, 2.24) is 14.5 Å². The fourth-order valence-corrected chi connectivity index (χ4v) is 3.58. The van der Waals surface area contributed by atoms with Crippen molar-refractivity contribution in [1.29, 1.82) is 0 Å². The van der Waals surface area contributed by atoms with Crippen LogP contribution in [0.25, 0.3) is 5.69 Å². The number of likely N-dealkylation sites (tertiary alicyclic amines) is 1. The van der Waals surface area contributed by atoms with Gasteiger partial charge in [-0.25, -0.2) is 4.98 Å². The van der Waals surface area contributed by atoms with Gasteiger partial charge in [0.2, 0.25) is 0 Å². The SMILES string of the molecule is CN1CC[C@](O)(c2cn(-c3cccc(B4OC(C)(C)C(C)(C)O4)c3)cn2)C1=O. The number of imidazole rings is 1. The lowest BCUT2D eigenvalue weighted by molar-refractivity contribution is -0.143. The molecule has 2 aliphatic rings. The topological polar surface area (TPSA) is 76.8 Å². The quantitative estimate of drug-likeness (QED) is 0.807. The molecule has 3 heterocycles. The van der Waals surface area contributed by atoms with Gasteiger partial charge in [0, 0.05) is 31.9 Å². The Morgan fingerprint density at radius 3 is 2.46 bits per heavy atom. The lowest BCUT2D eigenvalue weighted by Gasteiger charge is -2.32. The van der Waals surface area contributed by atoms with Gasteiger partial charge >= 0.3 is 7.12 Å². The van der Waals surface area contributed by atoms with Crippen LogP contribution >= 0.6 is 0 Å². The molecule has 0 saturated carbocycles. The highest BCUT2D eigenvalue weighted by Crippen LogP contribution is 2.36. The Labute approximate surface area is 165 Å². The van der Waals surface area contributed by atoms with Crippen molar-refractivity contribution in [2.75, 3.05) is 13.6 Å². The number of benzene rings is 1. The maximum atomic E-state index is 12.3. The molecule has 1 aromatic carbocycles. The summed E-state index contributed by atoms with van der Waals surface area (Å²) in [4.78, 5) is 18.2. The zero-order valence-corrected chi connectivity index (χ0v) is 17.0. The molecule has 0 bridgehead atoms. The Morgan fingerprint density at radius 1 is 1.18 bits per heavy atom. The fourth-order valence-electron chi connectivity index (χ4n) is 3.58. The molecule has 148 valence electrons. The highest BCUT2D eigenvalue weighted by atomic mass is 16.7. The Balaban J connectivity index is 1.62. The van der Waals surface area contributed by atoms with Gasteiger partial charge in [-0.15, -0.1) is 0 Å². The fraction of sp³-hybridized carbons (Fsp3) is 0.500. The van der Waals surface area contributed by atoms with Crippen LogP contribution in [-0.4, -0.2) is 57.4 Å². The smallest absolute Gasteiger partial charge is 0.399 e. The number of amides is 1. The molecular weight excluding hydrogens is 357 g/mol. The van der Waals surface area contributed by atoms with Crippen LogP contribution in [0.1, 0.15) is 39.8 Å². The summed E-state index contributed by atoms with van der Waals surface area (Å²) < 4.78 is 14.1. The number of carbonyl (C=O) groups is 1. The molecule has 8 heteroatoms. The summed E-state index contributed by atoms with van der Waals surface area (Å²) in [7, 11) is 1.23. The van der Waals surface area contributed by atoms with Gasteiger partial charge in [0.1, 0.15) is 5.69 Å². The van der Waals surface area contributed by atoms with E-state index in [1.165, 1.54) is 4.90 Å².